The van der Waals surface area contributed by atoms with Crippen molar-refractivity contribution in [1.29, 1.82) is 0 Å². The number of nitrogens with zero attached hydrogens (tertiary/aromatic N) is 1. The van der Waals surface area contributed by atoms with Crippen molar-refractivity contribution in [2.75, 3.05) is 18.4 Å². The predicted molar refractivity (Wildman–Crippen MR) is 122 cm³/mol. The summed E-state index contributed by atoms with van der Waals surface area (Å²) in [5, 5.41) is 2.26. The van der Waals surface area contributed by atoms with Crippen LogP contribution in [0.4, 0.5) is 5.69 Å². The highest BCUT2D eigenvalue weighted by Gasteiger charge is 2.28. The zero-order valence-corrected chi connectivity index (χ0v) is 19.6. The molecule has 2 aromatic carbocycles. The summed E-state index contributed by atoms with van der Waals surface area (Å²) < 4.78 is 57.8. The van der Waals surface area contributed by atoms with Crippen LogP contribution < -0.4 is 5.32 Å². The third-order valence-electron chi connectivity index (χ3n) is 5.49. The Morgan fingerprint density at radius 2 is 1.64 bits per heavy atom. The van der Waals surface area contributed by atoms with E-state index in [0.29, 0.717) is 24.7 Å². The summed E-state index contributed by atoms with van der Waals surface area (Å²) in [5.74, 6) is -0.510. The zero-order valence-electron chi connectivity index (χ0n) is 18.0. The Balaban J connectivity index is 1.47. The number of nitrogens with one attached hydrogen (secondary N) is 1. The molecule has 0 bridgehead atoms. The highest BCUT2D eigenvalue weighted by molar-refractivity contribution is 7.91. The number of sulfone groups is 1. The predicted octanol–water partition coefficient (Wildman–Crippen LogP) is 3.79. The number of hydrogen-bond acceptors (Lipinski definition) is 6. The van der Waals surface area contributed by atoms with Gasteiger partial charge in [0.25, 0.3) is 5.91 Å². The van der Waals surface area contributed by atoms with Gasteiger partial charge in [-0.2, -0.15) is 4.31 Å². The lowest BCUT2D eigenvalue weighted by molar-refractivity contribution is 0.0991. The largest absolute Gasteiger partial charge is 0.439 e. The third kappa shape index (κ3) is 4.87. The second-order valence-corrected chi connectivity index (χ2v) is 11.8. The highest BCUT2D eigenvalue weighted by atomic mass is 32.2. The van der Waals surface area contributed by atoms with Crippen molar-refractivity contribution in [2.45, 2.75) is 34.6 Å². The molecule has 10 heteroatoms. The zero-order chi connectivity index (χ0) is 23.6. The maximum atomic E-state index is 12.9. The first kappa shape index (κ1) is 23.2. The van der Waals surface area contributed by atoms with Crippen LogP contribution in [0.1, 0.15) is 30.3 Å². The number of rotatable bonds is 6. The number of carbonyl (C=O) groups is 1. The number of sulfonamides is 1. The Hall–Kier alpha value is -2.95. The number of amides is 1. The van der Waals surface area contributed by atoms with Gasteiger partial charge in [0, 0.05) is 18.8 Å². The quantitative estimate of drug-likeness (QED) is 0.565. The molecule has 1 amide bonds. The first-order valence-electron chi connectivity index (χ1n) is 10.5. The minimum Gasteiger partial charge on any atom is -0.439 e. The molecule has 1 aliphatic heterocycles. The number of benzene rings is 2. The third-order valence-corrected chi connectivity index (χ3v) is 9.01. The molecule has 1 N–H and O–H groups in total. The Labute approximate surface area is 193 Å². The molecule has 33 heavy (non-hydrogen) atoms. The lowest BCUT2D eigenvalue weighted by Gasteiger charge is -2.30. The molecule has 0 saturated carbocycles. The van der Waals surface area contributed by atoms with Crippen molar-refractivity contribution in [3.05, 3.63) is 72.5 Å². The van der Waals surface area contributed by atoms with E-state index in [1.54, 1.807) is 18.2 Å². The molecular weight excluding hydrogens is 464 g/mol. The molecule has 1 unspecified atom stereocenters. The summed E-state index contributed by atoms with van der Waals surface area (Å²) in [6, 6.07) is 16.1. The highest BCUT2D eigenvalue weighted by Crippen LogP contribution is 2.26. The van der Waals surface area contributed by atoms with Crippen molar-refractivity contribution in [3.63, 3.8) is 0 Å². The van der Waals surface area contributed by atoms with Gasteiger partial charge in [-0.05, 0) is 67.3 Å². The molecule has 4 rings (SSSR count). The van der Waals surface area contributed by atoms with Gasteiger partial charge in [-0.1, -0.05) is 25.1 Å². The minimum atomic E-state index is -3.88. The molecule has 0 spiro atoms. The van der Waals surface area contributed by atoms with Crippen molar-refractivity contribution in [3.8, 4) is 0 Å². The smallest absolute Gasteiger partial charge is 0.291 e. The molecule has 1 aliphatic rings. The summed E-state index contributed by atoms with van der Waals surface area (Å²) in [6.07, 6.45) is 1.85. The van der Waals surface area contributed by atoms with Gasteiger partial charge in [-0.3, -0.25) is 4.79 Å². The van der Waals surface area contributed by atoms with Gasteiger partial charge in [0.15, 0.2) is 5.76 Å². The molecule has 1 atom stereocenters. The standard InChI is InChI=1S/C23H24N2O6S2/c1-17-6-5-15-25(16-17)33(29,30)20-11-9-18(10-12-20)24-23(26)21-13-14-22(31-21)32(27,28)19-7-3-2-4-8-19/h2-4,7-14,17H,5-6,15-16H2,1H3,(H,24,26). The molecule has 8 nitrogen and oxygen atoms in total. The van der Waals surface area contributed by atoms with E-state index in [4.69, 9.17) is 4.42 Å². The summed E-state index contributed by atoms with van der Waals surface area (Å²) >= 11 is 0. The van der Waals surface area contributed by atoms with Gasteiger partial charge < -0.3 is 9.73 Å². The van der Waals surface area contributed by atoms with E-state index in [1.165, 1.54) is 52.8 Å². The minimum absolute atomic E-state index is 0.0613. The van der Waals surface area contributed by atoms with Crippen LogP contribution in [0.25, 0.3) is 0 Å². The van der Waals surface area contributed by atoms with Crippen LogP contribution in [0.3, 0.4) is 0 Å². The molecule has 0 aliphatic carbocycles. The lowest BCUT2D eigenvalue weighted by atomic mass is 10.0. The SMILES string of the molecule is CC1CCCN(S(=O)(=O)c2ccc(NC(=O)c3ccc(S(=O)(=O)c4ccccc4)o3)cc2)C1. The molecule has 0 radical (unpaired) electrons. The van der Waals surface area contributed by atoms with Gasteiger partial charge in [-0.15, -0.1) is 0 Å². The number of piperidine rings is 1. The summed E-state index contributed by atoms with van der Waals surface area (Å²) in [5.41, 5.74) is 0.356. The summed E-state index contributed by atoms with van der Waals surface area (Å²) in [4.78, 5) is 12.7. The molecule has 1 fully saturated rings. The number of furan rings is 1. The Morgan fingerprint density at radius 1 is 0.939 bits per heavy atom. The number of anilines is 1. The van der Waals surface area contributed by atoms with Gasteiger partial charge in [-0.25, -0.2) is 16.8 Å². The van der Waals surface area contributed by atoms with Crippen LogP contribution in [0.15, 0.2) is 86.0 Å². The van der Waals surface area contributed by atoms with Crippen molar-refractivity contribution in [1.82, 2.24) is 4.31 Å². The number of hydrogen-bond donors (Lipinski definition) is 1. The second kappa shape index (κ2) is 9.12. The molecule has 174 valence electrons. The van der Waals surface area contributed by atoms with Crippen LogP contribution in [-0.4, -0.2) is 40.1 Å². The van der Waals surface area contributed by atoms with Crippen molar-refractivity contribution >= 4 is 31.5 Å². The normalized spacial score (nSPS) is 17.5. The average Bonchev–Trinajstić information content (AvgIpc) is 3.32. The van der Waals surface area contributed by atoms with Crippen LogP contribution in [0.5, 0.6) is 0 Å². The fourth-order valence-corrected chi connectivity index (χ4v) is 6.51. The van der Waals surface area contributed by atoms with Crippen LogP contribution in [0.2, 0.25) is 0 Å². The Kier molecular flexibility index (Phi) is 6.42. The van der Waals surface area contributed by atoms with Crippen LogP contribution in [0, 0.1) is 5.92 Å². The Bertz CT molecular complexity index is 1350. The van der Waals surface area contributed by atoms with Gasteiger partial charge in [0.1, 0.15) is 0 Å². The molecule has 1 aromatic heterocycles. The Morgan fingerprint density at radius 3 is 2.30 bits per heavy atom. The van der Waals surface area contributed by atoms with Crippen molar-refractivity contribution < 1.29 is 26.0 Å². The van der Waals surface area contributed by atoms with Gasteiger partial charge in [0.2, 0.25) is 25.0 Å². The van der Waals surface area contributed by atoms with E-state index in [-0.39, 0.29) is 20.6 Å². The second-order valence-electron chi connectivity index (χ2n) is 8.02. The fraction of sp³-hybridized carbons (Fsp3) is 0.261. The average molecular weight is 489 g/mol. The van der Waals surface area contributed by atoms with E-state index in [0.717, 1.165) is 12.8 Å². The van der Waals surface area contributed by atoms with Gasteiger partial charge >= 0.3 is 0 Å². The maximum Gasteiger partial charge on any atom is 0.291 e. The fourth-order valence-electron chi connectivity index (χ4n) is 3.72. The summed E-state index contributed by atoms with van der Waals surface area (Å²) in [6.45, 7) is 3.02. The van der Waals surface area contributed by atoms with Crippen LogP contribution >= 0.6 is 0 Å². The molecule has 2 heterocycles. The van der Waals surface area contributed by atoms with Crippen LogP contribution in [-0.2, 0) is 19.9 Å². The first-order valence-corrected chi connectivity index (χ1v) is 13.4. The molecular formula is C23H24N2O6S2. The first-order chi connectivity index (χ1) is 15.7. The molecule has 3 aromatic rings. The monoisotopic (exact) mass is 488 g/mol. The number of carbonyl (C=O) groups excluding carboxylic acids is 1. The topological polar surface area (TPSA) is 114 Å². The molecule has 1 saturated heterocycles. The van der Waals surface area contributed by atoms with Gasteiger partial charge in [0.05, 0.1) is 9.79 Å². The lowest BCUT2D eigenvalue weighted by Crippen LogP contribution is -2.39. The summed E-state index contributed by atoms with van der Waals surface area (Å²) in [7, 11) is -7.48. The van der Waals surface area contributed by atoms with E-state index in [2.05, 4.69) is 5.32 Å². The van der Waals surface area contributed by atoms with E-state index in [9.17, 15) is 21.6 Å². The van der Waals surface area contributed by atoms with E-state index in [1.807, 2.05) is 6.92 Å². The van der Waals surface area contributed by atoms with E-state index >= 15 is 0 Å². The van der Waals surface area contributed by atoms with E-state index < -0.39 is 25.8 Å². The maximum absolute atomic E-state index is 12.9. The van der Waals surface area contributed by atoms with Crippen molar-refractivity contribution in [2.24, 2.45) is 5.92 Å².